The van der Waals surface area contributed by atoms with E-state index in [1.807, 2.05) is 12.1 Å². The number of ether oxygens (including phenoxy) is 1. The molecule has 1 fully saturated rings. The van der Waals surface area contributed by atoms with E-state index < -0.39 is 0 Å². The Morgan fingerprint density at radius 2 is 2.05 bits per heavy atom. The first-order valence-electron chi connectivity index (χ1n) is 6.32. The van der Waals surface area contributed by atoms with Gasteiger partial charge in [0.2, 0.25) is 0 Å². The lowest BCUT2D eigenvalue weighted by molar-refractivity contribution is 0.101. The van der Waals surface area contributed by atoms with Crippen molar-refractivity contribution in [2.45, 2.75) is 6.92 Å². The largest absolute Gasteiger partial charge is 0.491 e. The third-order valence-corrected chi connectivity index (χ3v) is 3.19. The Kier molecular flexibility index (Phi) is 4.04. The van der Waals surface area contributed by atoms with Gasteiger partial charge >= 0.3 is 6.03 Å². The molecule has 2 rings (SSSR count). The average Bonchev–Trinajstić information content (AvgIpc) is 2.71. The fourth-order valence-corrected chi connectivity index (χ4v) is 2.06. The van der Waals surface area contributed by atoms with Gasteiger partial charge in [-0.3, -0.25) is 4.79 Å². The molecule has 0 saturated carbocycles. The first kappa shape index (κ1) is 13.4. The summed E-state index contributed by atoms with van der Waals surface area (Å²) in [6, 6.07) is 7.18. The number of para-hydroxylation sites is 1. The molecule has 1 aliphatic heterocycles. The molecular formula is C14H18N2O3. The van der Waals surface area contributed by atoms with E-state index in [1.54, 1.807) is 29.0 Å². The molecule has 0 spiro atoms. The molecule has 102 valence electrons. The molecule has 0 atom stereocenters. The van der Waals surface area contributed by atoms with Gasteiger partial charge in [0.05, 0.1) is 12.1 Å². The number of likely N-dealkylation sites (N-methyl/N-ethyl adjacent to an activating group) is 1. The van der Waals surface area contributed by atoms with E-state index in [1.165, 1.54) is 6.92 Å². The van der Waals surface area contributed by atoms with Crippen molar-refractivity contribution in [2.75, 3.05) is 33.3 Å². The van der Waals surface area contributed by atoms with Crippen LogP contribution in [0.5, 0.6) is 5.75 Å². The highest BCUT2D eigenvalue weighted by Crippen LogP contribution is 2.18. The fraction of sp³-hybridized carbons (Fsp3) is 0.429. The Labute approximate surface area is 112 Å². The molecule has 0 aliphatic carbocycles. The maximum absolute atomic E-state index is 11.7. The molecule has 5 heteroatoms. The van der Waals surface area contributed by atoms with Gasteiger partial charge < -0.3 is 14.5 Å². The number of benzene rings is 1. The van der Waals surface area contributed by atoms with Gasteiger partial charge in [0, 0.05) is 20.1 Å². The van der Waals surface area contributed by atoms with Crippen LogP contribution in [0.2, 0.25) is 0 Å². The molecule has 0 N–H and O–H groups in total. The lowest BCUT2D eigenvalue weighted by Gasteiger charge is -2.16. The van der Waals surface area contributed by atoms with Crippen LogP contribution >= 0.6 is 0 Å². The Bertz CT molecular complexity index is 487. The highest BCUT2D eigenvalue weighted by atomic mass is 16.5. The van der Waals surface area contributed by atoms with Crippen molar-refractivity contribution in [3.8, 4) is 5.75 Å². The van der Waals surface area contributed by atoms with Gasteiger partial charge in [-0.05, 0) is 19.1 Å². The second-order valence-electron chi connectivity index (χ2n) is 4.59. The Hall–Kier alpha value is -2.04. The molecular weight excluding hydrogens is 244 g/mol. The van der Waals surface area contributed by atoms with Crippen LogP contribution < -0.4 is 4.74 Å². The zero-order valence-corrected chi connectivity index (χ0v) is 11.3. The molecule has 1 aromatic carbocycles. The molecule has 19 heavy (non-hydrogen) atoms. The summed E-state index contributed by atoms with van der Waals surface area (Å²) in [5.41, 5.74) is 0.576. The van der Waals surface area contributed by atoms with E-state index in [9.17, 15) is 9.59 Å². The summed E-state index contributed by atoms with van der Waals surface area (Å²) in [6.07, 6.45) is 0. The van der Waals surface area contributed by atoms with Gasteiger partial charge in [0.15, 0.2) is 5.78 Å². The second-order valence-corrected chi connectivity index (χ2v) is 4.59. The highest BCUT2D eigenvalue weighted by Gasteiger charge is 2.24. The SMILES string of the molecule is CC(=O)c1ccccc1OCCN1CCN(C)C1=O. The van der Waals surface area contributed by atoms with E-state index >= 15 is 0 Å². The first-order chi connectivity index (χ1) is 9.09. The van der Waals surface area contributed by atoms with Crippen molar-refractivity contribution in [1.82, 2.24) is 9.80 Å². The molecule has 0 unspecified atom stereocenters. The van der Waals surface area contributed by atoms with E-state index in [0.29, 0.717) is 24.5 Å². The number of amides is 2. The van der Waals surface area contributed by atoms with Crippen LogP contribution in [-0.2, 0) is 0 Å². The summed E-state index contributed by atoms with van der Waals surface area (Å²) in [5, 5.41) is 0. The van der Waals surface area contributed by atoms with E-state index in [2.05, 4.69) is 0 Å². The fourth-order valence-electron chi connectivity index (χ4n) is 2.06. The van der Waals surface area contributed by atoms with Crippen LogP contribution in [0, 0.1) is 0 Å². The third kappa shape index (κ3) is 3.05. The summed E-state index contributed by atoms with van der Waals surface area (Å²) < 4.78 is 5.61. The average molecular weight is 262 g/mol. The molecule has 0 bridgehead atoms. The number of urea groups is 1. The molecule has 0 aromatic heterocycles. The second kappa shape index (κ2) is 5.73. The number of Topliss-reactive ketones (excluding diaryl/α,β-unsaturated/α-hetero) is 1. The Balaban J connectivity index is 1.90. The normalized spacial score (nSPS) is 14.9. The molecule has 1 heterocycles. The van der Waals surface area contributed by atoms with Crippen molar-refractivity contribution in [3.05, 3.63) is 29.8 Å². The summed E-state index contributed by atoms with van der Waals surface area (Å²) in [6.45, 7) is 3.93. The van der Waals surface area contributed by atoms with Crippen LogP contribution in [0.25, 0.3) is 0 Å². The van der Waals surface area contributed by atoms with Crippen LogP contribution in [0.15, 0.2) is 24.3 Å². The lowest BCUT2D eigenvalue weighted by Crippen LogP contribution is -2.32. The topological polar surface area (TPSA) is 49.9 Å². The lowest BCUT2D eigenvalue weighted by atomic mass is 10.1. The van der Waals surface area contributed by atoms with Crippen LogP contribution in [0.1, 0.15) is 17.3 Å². The van der Waals surface area contributed by atoms with E-state index in [4.69, 9.17) is 4.74 Å². The zero-order valence-electron chi connectivity index (χ0n) is 11.3. The Morgan fingerprint density at radius 1 is 1.32 bits per heavy atom. The molecule has 0 radical (unpaired) electrons. The third-order valence-electron chi connectivity index (χ3n) is 3.19. The maximum Gasteiger partial charge on any atom is 0.319 e. The van der Waals surface area contributed by atoms with Crippen LogP contribution in [0.4, 0.5) is 4.79 Å². The summed E-state index contributed by atoms with van der Waals surface area (Å²) in [7, 11) is 1.79. The molecule has 1 aromatic rings. The number of carbonyl (C=O) groups excluding carboxylic acids is 2. The van der Waals surface area contributed by atoms with E-state index in [0.717, 1.165) is 13.1 Å². The Morgan fingerprint density at radius 3 is 2.68 bits per heavy atom. The molecule has 1 saturated heterocycles. The predicted molar refractivity (Wildman–Crippen MR) is 71.5 cm³/mol. The number of carbonyl (C=O) groups is 2. The highest BCUT2D eigenvalue weighted by molar-refractivity contribution is 5.96. The number of hydrogen-bond donors (Lipinski definition) is 0. The van der Waals surface area contributed by atoms with Gasteiger partial charge in [0.25, 0.3) is 0 Å². The zero-order chi connectivity index (χ0) is 13.8. The standard InChI is InChI=1S/C14H18N2O3/c1-11(17)12-5-3-4-6-13(12)19-10-9-16-8-7-15(2)14(16)18/h3-6H,7-10H2,1-2H3. The van der Waals surface area contributed by atoms with Crippen molar-refractivity contribution >= 4 is 11.8 Å². The molecule has 1 aliphatic rings. The van der Waals surface area contributed by atoms with Gasteiger partial charge in [-0.25, -0.2) is 4.79 Å². The monoisotopic (exact) mass is 262 g/mol. The van der Waals surface area contributed by atoms with E-state index in [-0.39, 0.29) is 11.8 Å². The van der Waals surface area contributed by atoms with Crippen LogP contribution in [-0.4, -0.2) is 54.9 Å². The predicted octanol–water partition coefficient (Wildman–Crippen LogP) is 1.64. The number of hydrogen-bond acceptors (Lipinski definition) is 3. The summed E-state index contributed by atoms with van der Waals surface area (Å²) in [4.78, 5) is 26.5. The van der Waals surface area contributed by atoms with Crippen molar-refractivity contribution < 1.29 is 14.3 Å². The number of nitrogens with zero attached hydrogens (tertiary/aromatic N) is 2. The van der Waals surface area contributed by atoms with Crippen molar-refractivity contribution in [1.29, 1.82) is 0 Å². The van der Waals surface area contributed by atoms with Crippen LogP contribution in [0.3, 0.4) is 0 Å². The minimum atomic E-state index is -0.0208. The summed E-state index contributed by atoms with van der Waals surface area (Å²) >= 11 is 0. The summed E-state index contributed by atoms with van der Waals surface area (Å²) in [5.74, 6) is 0.558. The minimum absolute atomic E-state index is 0.0208. The number of rotatable bonds is 5. The van der Waals surface area contributed by atoms with Crippen molar-refractivity contribution in [3.63, 3.8) is 0 Å². The van der Waals surface area contributed by atoms with Gasteiger partial charge in [-0.2, -0.15) is 0 Å². The first-order valence-corrected chi connectivity index (χ1v) is 6.32. The molecule has 5 nitrogen and oxygen atoms in total. The minimum Gasteiger partial charge on any atom is -0.491 e. The van der Waals surface area contributed by atoms with Crippen molar-refractivity contribution in [2.24, 2.45) is 0 Å². The molecule has 2 amide bonds. The smallest absolute Gasteiger partial charge is 0.319 e. The maximum atomic E-state index is 11.7. The van der Waals surface area contributed by atoms with Gasteiger partial charge in [-0.15, -0.1) is 0 Å². The number of ketones is 1. The van der Waals surface area contributed by atoms with Gasteiger partial charge in [0.1, 0.15) is 12.4 Å². The van der Waals surface area contributed by atoms with Gasteiger partial charge in [-0.1, -0.05) is 12.1 Å². The quantitative estimate of drug-likeness (QED) is 0.758.